The number of hydrogen-bond donors (Lipinski definition) is 1. The van der Waals surface area contributed by atoms with Gasteiger partial charge in [0.1, 0.15) is 5.76 Å². The molecule has 0 spiro atoms. The van der Waals surface area contributed by atoms with Crippen molar-refractivity contribution in [1.82, 2.24) is 5.32 Å². The minimum absolute atomic E-state index is 0.123. The number of nitrogens with one attached hydrogen (secondary N) is 1. The predicted octanol–water partition coefficient (Wildman–Crippen LogP) is 3.77. The summed E-state index contributed by atoms with van der Waals surface area (Å²) in [5.41, 5.74) is 2.99. The van der Waals surface area contributed by atoms with E-state index >= 15 is 0 Å². The van der Waals surface area contributed by atoms with Crippen LogP contribution in [0.3, 0.4) is 0 Å². The van der Waals surface area contributed by atoms with Gasteiger partial charge in [-0.1, -0.05) is 6.07 Å². The van der Waals surface area contributed by atoms with Crippen molar-refractivity contribution in [3.05, 3.63) is 46.4 Å². The topological polar surface area (TPSA) is 73.1 Å². The van der Waals surface area contributed by atoms with E-state index in [0.717, 1.165) is 46.1 Å². The van der Waals surface area contributed by atoms with Gasteiger partial charge in [0.05, 0.1) is 11.1 Å². The lowest BCUT2D eigenvalue weighted by molar-refractivity contribution is 0.0920. The van der Waals surface area contributed by atoms with E-state index in [1.165, 1.54) is 0 Å². The molecular formula is C20H20N2O4S. The highest BCUT2D eigenvalue weighted by Gasteiger charge is 2.39. The molecule has 1 aromatic carbocycles. The van der Waals surface area contributed by atoms with Crippen LogP contribution in [0.2, 0.25) is 0 Å². The summed E-state index contributed by atoms with van der Waals surface area (Å²) in [7, 11) is 0. The molecule has 1 amide bonds. The summed E-state index contributed by atoms with van der Waals surface area (Å²) in [6.45, 7) is 4.66. The fourth-order valence-corrected chi connectivity index (χ4v) is 5.20. The van der Waals surface area contributed by atoms with E-state index in [1.807, 2.05) is 36.9 Å². The van der Waals surface area contributed by atoms with Crippen molar-refractivity contribution < 1.29 is 18.7 Å². The highest BCUT2D eigenvalue weighted by molar-refractivity contribution is 8.14. The minimum atomic E-state index is -0.192. The lowest BCUT2D eigenvalue weighted by atomic mass is 9.90. The Morgan fingerprint density at radius 3 is 3.04 bits per heavy atom. The maximum atomic E-state index is 12.7. The van der Waals surface area contributed by atoms with Crippen LogP contribution in [0.25, 0.3) is 0 Å². The summed E-state index contributed by atoms with van der Waals surface area (Å²) in [6, 6.07) is 5.79. The van der Waals surface area contributed by atoms with Crippen LogP contribution in [0.5, 0.6) is 11.5 Å². The van der Waals surface area contributed by atoms with Crippen LogP contribution in [0.4, 0.5) is 0 Å². The van der Waals surface area contributed by atoms with Crippen molar-refractivity contribution in [2.45, 2.75) is 44.5 Å². The second-order valence-corrected chi connectivity index (χ2v) is 8.48. The van der Waals surface area contributed by atoms with Crippen LogP contribution in [0, 0.1) is 6.92 Å². The summed E-state index contributed by atoms with van der Waals surface area (Å²) >= 11 is 1.84. The van der Waals surface area contributed by atoms with E-state index < -0.39 is 0 Å². The van der Waals surface area contributed by atoms with Crippen molar-refractivity contribution >= 4 is 22.7 Å². The summed E-state index contributed by atoms with van der Waals surface area (Å²) < 4.78 is 16.7. The summed E-state index contributed by atoms with van der Waals surface area (Å²) in [4.78, 5) is 17.5. The fourth-order valence-electron chi connectivity index (χ4n) is 4.02. The van der Waals surface area contributed by atoms with Gasteiger partial charge in [0.25, 0.3) is 5.91 Å². The molecule has 0 unspecified atom stereocenters. The number of amides is 1. The molecule has 0 bridgehead atoms. The Morgan fingerprint density at radius 1 is 1.30 bits per heavy atom. The molecule has 1 N–H and O–H groups in total. The average molecular weight is 384 g/mol. The molecule has 2 atom stereocenters. The fraction of sp³-hybridized carbons (Fsp3) is 0.400. The lowest BCUT2D eigenvalue weighted by Crippen LogP contribution is -2.23. The van der Waals surface area contributed by atoms with Gasteiger partial charge >= 0.3 is 0 Å². The standard InChI is InChI=1S/C20H20N2O4S/c1-10-17-14(5-6-16-18(17)22-11(2)27-16)26-19(10)20(23)21-8-12-3-4-13-15(7-12)25-9-24-13/h3-4,7,16,18H,5-6,8-9H2,1-2H3,(H,21,23)/t16-,18-/m0/s1. The van der Waals surface area contributed by atoms with E-state index in [-0.39, 0.29) is 18.7 Å². The van der Waals surface area contributed by atoms with Gasteiger partial charge in [-0.2, -0.15) is 0 Å². The number of nitrogens with zero attached hydrogens (tertiary/aromatic N) is 1. The maximum absolute atomic E-state index is 12.7. The van der Waals surface area contributed by atoms with Gasteiger partial charge in [0, 0.05) is 29.3 Å². The molecule has 140 valence electrons. The Balaban J connectivity index is 1.35. The largest absolute Gasteiger partial charge is 0.455 e. The first kappa shape index (κ1) is 16.7. The Morgan fingerprint density at radius 2 is 2.15 bits per heavy atom. The number of hydrogen-bond acceptors (Lipinski definition) is 6. The number of benzene rings is 1. The van der Waals surface area contributed by atoms with E-state index in [4.69, 9.17) is 18.9 Å². The molecule has 2 aromatic rings. The quantitative estimate of drug-likeness (QED) is 0.872. The number of furan rings is 1. The second-order valence-electron chi connectivity index (χ2n) is 7.05. The molecule has 27 heavy (non-hydrogen) atoms. The Kier molecular flexibility index (Phi) is 3.93. The Bertz CT molecular complexity index is 965. The van der Waals surface area contributed by atoms with Gasteiger partial charge in [-0.05, 0) is 38.0 Å². The van der Waals surface area contributed by atoms with E-state index in [0.29, 0.717) is 23.3 Å². The monoisotopic (exact) mass is 384 g/mol. The second kappa shape index (κ2) is 6.34. The number of ether oxygens (including phenoxy) is 2. The van der Waals surface area contributed by atoms with Crippen LogP contribution in [-0.4, -0.2) is 23.0 Å². The average Bonchev–Trinajstić information content (AvgIpc) is 3.35. The normalized spacial score (nSPS) is 22.2. The van der Waals surface area contributed by atoms with Crippen molar-refractivity contribution in [3.8, 4) is 11.5 Å². The summed E-state index contributed by atoms with van der Waals surface area (Å²) in [5, 5.41) is 4.54. The number of aliphatic imine (C=N–C) groups is 1. The Labute approximate surface area is 161 Å². The molecule has 2 aliphatic heterocycles. The lowest BCUT2D eigenvalue weighted by Gasteiger charge is -2.22. The molecular weight excluding hydrogens is 364 g/mol. The zero-order chi connectivity index (χ0) is 18.5. The number of carbonyl (C=O) groups is 1. The first-order chi connectivity index (χ1) is 13.1. The molecule has 6 nitrogen and oxygen atoms in total. The first-order valence-corrected chi connectivity index (χ1v) is 9.98. The van der Waals surface area contributed by atoms with E-state index in [9.17, 15) is 4.79 Å². The zero-order valence-electron chi connectivity index (χ0n) is 15.2. The molecule has 5 rings (SSSR count). The Hall–Kier alpha value is -2.41. The maximum Gasteiger partial charge on any atom is 0.287 e. The molecule has 0 radical (unpaired) electrons. The molecule has 0 saturated carbocycles. The molecule has 1 aliphatic carbocycles. The van der Waals surface area contributed by atoms with Gasteiger partial charge in [-0.3, -0.25) is 9.79 Å². The zero-order valence-corrected chi connectivity index (χ0v) is 16.0. The van der Waals surface area contributed by atoms with Gasteiger partial charge in [0.15, 0.2) is 17.3 Å². The summed E-state index contributed by atoms with van der Waals surface area (Å²) in [6.07, 6.45) is 1.90. The molecule has 7 heteroatoms. The number of carbonyl (C=O) groups excluding carboxylic acids is 1. The highest BCUT2D eigenvalue weighted by atomic mass is 32.2. The van der Waals surface area contributed by atoms with E-state index in [1.54, 1.807) is 0 Å². The number of thioether (sulfide) groups is 1. The van der Waals surface area contributed by atoms with Crippen molar-refractivity contribution in [3.63, 3.8) is 0 Å². The van der Waals surface area contributed by atoms with Crippen LogP contribution >= 0.6 is 11.8 Å². The third-order valence-electron chi connectivity index (χ3n) is 5.31. The SMILES string of the molecule is CC1=N[C@@H]2c3c(oc(C(=O)NCc4ccc5c(c4)OCO5)c3C)CC[C@@H]2S1. The van der Waals surface area contributed by atoms with Gasteiger partial charge < -0.3 is 19.2 Å². The minimum Gasteiger partial charge on any atom is -0.455 e. The number of aryl methyl sites for hydroxylation is 1. The van der Waals surface area contributed by atoms with Gasteiger partial charge in [-0.15, -0.1) is 11.8 Å². The smallest absolute Gasteiger partial charge is 0.287 e. The van der Waals surface area contributed by atoms with Gasteiger partial charge in [0.2, 0.25) is 6.79 Å². The molecule has 3 aliphatic rings. The van der Waals surface area contributed by atoms with Crippen LogP contribution in [0.15, 0.2) is 27.6 Å². The first-order valence-electron chi connectivity index (χ1n) is 9.10. The van der Waals surface area contributed by atoms with E-state index in [2.05, 4.69) is 12.2 Å². The van der Waals surface area contributed by atoms with Crippen LogP contribution < -0.4 is 14.8 Å². The third kappa shape index (κ3) is 2.81. The van der Waals surface area contributed by atoms with Crippen LogP contribution in [-0.2, 0) is 13.0 Å². The molecule has 3 heterocycles. The number of fused-ring (bicyclic) bond motifs is 4. The van der Waals surface area contributed by atoms with Gasteiger partial charge in [-0.25, -0.2) is 0 Å². The summed E-state index contributed by atoms with van der Waals surface area (Å²) in [5.74, 6) is 2.58. The third-order valence-corrected chi connectivity index (χ3v) is 6.56. The highest BCUT2D eigenvalue weighted by Crippen LogP contribution is 2.47. The van der Waals surface area contributed by atoms with Crippen LogP contribution in [0.1, 0.15) is 52.4 Å². The molecule has 0 fully saturated rings. The molecule has 1 aromatic heterocycles. The van der Waals surface area contributed by atoms with Crippen molar-refractivity contribution in [1.29, 1.82) is 0 Å². The number of rotatable bonds is 3. The molecule has 0 saturated heterocycles. The predicted molar refractivity (Wildman–Crippen MR) is 103 cm³/mol. The van der Waals surface area contributed by atoms with Crippen molar-refractivity contribution in [2.24, 2.45) is 4.99 Å². The van der Waals surface area contributed by atoms with Crippen molar-refractivity contribution in [2.75, 3.05) is 6.79 Å².